The van der Waals surface area contributed by atoms with Crippen molar-refractivity contribution in [2.75, 3.05) is 20.1 Å². The van der Waals surface area contributed by atoms with Crippen LogP contribution in [0.25, 0.3) is 0 Å². The van der Waals surface area contributed by atoms with Gasteiger partial charge in [-0.1, -0.05) is 0 Å². The van der Waals surface area contributed by atoms with E-state index in [0.29, 0.717) is 0 Å². The molecule has 0 amide bonds. The average Bonchev–Trinajstić information content (AvgIpc) is 2.22. The van der Waals surface area contributed by atoms with Crippen LogP contribution in [0.5, 0.6) is 0 Å². The summed E-state index contributed by atoms with van der Waals surface area (Å²) in [5.74, 6) is -2.21. The minimum atomic E-state index is -1.70. The van der Waals surface area contributed by atoms with Gasteiger partial charge >= 0.3 is 25.0 Å². The summed E-state index contributed by atoms with van der Waals surface area (Å²) in [7, 11) is -0.169. The molecule has 9 heteroatoms. The van der Waals surface area contributed by atoms with Gasteiger partial charge in [0.25, 0.3) is 0 Å². The van der Waals surface area contributed by atoms with Crippen LogP contribution in [0.1, 0.15) is 27.2 Å². The molecular weight excluding hydrogens is 281 g/mol. The van der Waals surface area contributed by atoms with Gasteiger partial charge in [0.15, 0.2) is 0 Å². The topological polar surface area (TPSA) is 99.2 Å². The Labute approximate surface area is 122 Å². The highest BCUT2D eigenvalue weighted by Crippen LogP contribution is 2.10. The van der Waals surface area contributed by atoms with Crippen molar-refractivity contribution >= 4 is 30.7 Å². The molecule has 0 N–H and O–H groups in total. The molecule has 1 saturated heterocycles. The van der Waals surface area contributed by atoms with E-state index in [9.17, 15) is 19.2 Å². The normalized spacial score (nSPS) is 17.4. The quantitative estimate of drug-likeness (QED) is 0.385. The van der Waals surface area contributed by atoms with Crippen LogP contribution in [-0.2, 0) is 33.2 Å². The van der Waals surface area contributed by atoms with Crippen molar-refractivity contribution in [1.82, 2.24) is 4.90 Å². The van der Waals surface area contributed by atoms with Crippen LogP contribution in [0.15, 0.2) is 0 Å². The van der Waals surface area contributed by atoms with E-state index in [-0.39, 0.29) is 13.1 Å². The molecule has 0 radical (unpaired) electrons. The third-order valence-electron chi connectivity index (χ3n) is 2.28. The Kier molecular flexibility index (Phi) is 5.48. The zero-order valence-corrected chi connectivity index (χ0v) is 12.5. The van der Waals surface area contributed by atoms with Crippen molar-refractivity contribution in [3.8, 4) is 0 Å². The molecule has 0 spiro atoms. The number of ether oxygens (including phenoxy) is 1. The van der Waals surface area contributed by atoms with Gasteiger partial charge < -0.3 is 18.8 Å². The Morgan fingerprint density at radius 1 is 1.19 bits per heavy atom. The molecule has 0 saturated carbocycles. The number of nitrogens with zero attached hydrogens (tertiary/aromatic N) is 1. The van der Waals surface area contributed by atoms with Crippen LogP contribution in [0.4, 0.5) is 0 Å². The van der Waals surface area contributed by atoms with Gasteiger partial charge in [-0.15, -0.1) is 0 Å². The number of rotatable bonds is 3. The molecule has 1 aliphatic rings. The molecule has 0 aromatic rings. The van der Waals surface area contributed by atoms with Gasteiger partial charge in [-0.2, -0.15) is 0 Å². The third-order valence-corrected chi connectivity index (χ3v) is 2.28. The lowest BCUT2D eigenvalue weighted by Gasteiger charge is -2.22. The molecule has 1 aliphatic heterocycles. The van der Waals surface area contributed by atoms with Crippen molar-refractivity contribution < 1.29 is 33.2 Å². The Morgan fingerprint density at radius 2 is 1.67 bits per heavy atom. The van der Waals surface area contributed by atoms with Gasteiger partial charge in [0.2, 0.25) is 5.68 Å². The Morgan fingerprint density at radius 3 is 2.10 bits per heavy atom. The average molecular weight is 299 g/mol. The smallest absolute Gasteiger partial charge is 0.492 e. The molecule has 0 aliphatic carbocycles. The molecule has 0 unspecified atom stereocenters. The fraction of sp³-hybridized carbons (Fsp3) is 0.667. The molecule has 116 valence electrons. The summed E-state index contributed by atoms with van der Waals surface area (Å²) in [4.78, 5) is 47.7. The Hall–Kier alpha value is -1.90. The fourth-order valence-corrected chi connectivity index (χ4v) is 1.57. The zero-order chi connectivity index (χ0) is 16.2. The molecule has 1 rings (SSSR count). The fourth-order valence-electron chi connectivity index (χ4n) is 1.57. The Bertz CT molecular complexity index is 437. The van der Waals surface area contributed by atoms with Crippen LogP contribution in [0, 0.1) is 0 Å². The maximum absolute atomic E-state index is 11.9. The standard InChI is InChI=1S/C12H18BNO7/c1-12(2,3)19-9(16)5-8(15)13-20-10(17)6-14(4)7-11(18)21-13/h5-7H2,1-4H3. The summed E-state index contributed by atoms with van der Waals surface area (Å²) in [5, 5.41) is 0. The van der Waals surface area contributed by atoms with Gasteiger partial charge in [0.05, 0.1) is 13.1 Å². The Balaban J connectivity index is 2.65. The minimum Gasteiger partial charge on any atom is -0.492 e. The van der Waals surface area contributed by atoms with Gasteiger partial charge in [-0.05, 0) is 27.8 Å². The second kappa shape index (κ2) is 6.71. The predicted molar refractivity (Wildman–Crippen MR) is 70.9 cm³/mol. The van der Waals surface area contributed by atoms with E-state index in [0.717, 1.165) is 0 Å². The van der Waals surface area contributed by atoms with Crippen molar-refractivity contribution in [3.63, 3.8) is 0 Å². The number of hydrogen-bond donors (Lipinski definition) is 0. The van der Waals surface area contributed by atoms with Crippen LogP contribution in [0.3, 0.4) is 0 Å². The lowest BCUT2D eigenvalue weighted by molar-refractivity contribution is -0.157. The first-order valence-corrected chi connectivity index (χ1v) is 6.39. The number of carbonyl (C=O) groups is 4. The number of carbonyl (C=O) groups excluding carboxylic acids is 4. The van der Waals surface area contributed by atoms with Crippen LogP contribution >= 0.6 is 0 Å². The molecule has 1 heterocycles. The molecular formula is C12H18BNO7. The number of likely N-dealkylation sites (N-methyl/N-ethyl adjacent to an activating group) is 1. The maximum atomic E-state index is 11.9. The first-order chi connectivity index (χ1) is 9.56. The summed E-state index contributed by atoms with van der Waals surface area (Å²) in [6.45, 7) is 4.67. The molecule has 8 nitrogen and oxygen atoms in total. The van der Waals surface area contributed by atoms with Crippen molar-refractivity contribution in [1.29, 1.82) is 0 Å². The van der Waals surface area contributed by atoms with E-state index in [2.05, 4.69) is 0 Å². The predicted octanol–water partition coefficient (Wildman–Crippen LogP) is -0.653. The second-order valence-electron chi connectivity index (χ2n) is 5.71. The molecule has 1 fully saturated rings. The molecule has 0 aromatic heterocycles. The van der Waals surface area contributed by atoms with E-state index in [4.69, 9.17) is 14.0 Å². The van der Waals surface area contributed by atoms with Gasteiger partial charge in [-0.3, -0.25) is 19.3 Å². The zero-order valence-electron chi connectivity index (χ0n) is 12.5. The van der Waals surface area contributed by atoms with E-state index in [1.807, 2.05) is 0 Å². The summed E-state index contributed by atoms with van der Waals surface area (Å²) in [5.41, 5.74) is -1.58. The van der Waals surface area contributed by atoms with E-state index >= 15 is 0 Å². The number of esters is 1. The monoisotopic (exact) mass is 299 g/mol. The lowest BCUT2D eigenvalue weighted by atomic mass is 9.80. The van der Waals surface area contributed by atoms with Crippen molar-refractivity contribution in [2.24, 2.45) is 0 Å². The largest absolute Gasteiger partial charge is 0.675 e. The van der Waals surface area contributed by atoms with Crippen molar-refractivity contribution in [3.05, 3.63) is 0 Å². The van der Waals surface area contributed by atoms with Crippen LogP contribution in [0.2, 0.25) is 0 Å². The molecule has 0 aromatic carbocycles. The second-order valence-corrected chi connectivity index (χ2v) is 5.71. The minimum absolute atomic E-state index is 0.148. The first-order valence-electron chi connectivity index (χ1n) is 6.39. The van der Waals surface area contributed by atoms with Gasteiger partial charge in [-0.25, -0.2) is 0 Å². The highest BCUT2D eigenvalue weighted by Gasteiger charge is 2.40. The first kappa shape index (κ1) is 17.2. The highest BCUT2D eigenvalue weighted by atomic mass is 16.6. The van der Waals surface area contributed by atoms with E-state index in [1.165, 1.54) is 11.9 Å². The van der Waals surface area contributed by atoms with Crippen LogP contribution in [-0.4, -0.2) is 61.3 Å². The van der Waals surface area contributed by atoms with Crippen molar-refractivity contribution in [2.45, 2.75) is 32.8 Å². The van der Waals surface area contributed by atoms with Gasteiger partial charge in [0, 0.05) is 0 Å². The molecule has 21 heavy (non-hydrogen) atoms. The third kappa shape index (κ3) is 6.39. The highest BCUT2D eigenvalue weighted by molar-refractivity contribution is 6.83. The number of hydrogen-bond acceptors (Lipinski definition) is 8. The molecule has 0 atom stereocenters. The van der Waals surface area contributed by atoms with Gasteiger partial charge in [0.1, 0.15) is 12.0 Å². The summed E-state index contributed by atoms with van der Waals surface area (Å²) in [6, 6.07) is 0. The summed E-state index contributed by atoms with van der Waals surface area (Å²) < 4.78 is 14.5. The lowest BCUT2D eigenvalue weighted by Crippen LogP contribution is -2.46. The summed E-state index contributed by atoms with van der Waals surface area (Å²) >= 11 is 0. The van der Waals surface area contributed by atoms with E-state index in [1.54, 1.807) is 20.8 Å². The van der Waals surface area contributed by atoms with Crippen LogP contribution < -0.4 is 0 Å². The maximum Gasteiger partial charge on any atom is 0.675 e. The summed E-state index contributed by atoms with van der Waals surface area (Å²) in [6.07, 6.45) is -0.641. The van der Waals surface area contributed by atoms with E-state index < -0.39 is 42.7 Å². The molecule has 0 bridgehead atoms. The SMILES string of the molecule is CN1CC(=O)OB(C(=O)CC(=O)OC(C)(C)C)OC(=O)C1.